The van der Waals surface area contributed by atoms with Crippen LogP contribution < -0.4 is 5.32 Å². The van der Waals surface area contributed by atoms with Crippen LogP contribution in [0.2, 0.25) is 0 Å². The number of aromatic nitrogens is 4. The van der Waals surface area contributed by atoms with Crippen molar-refractivity contribution in [2.75, 3.05) is 19.6 Å². The Morgan fingerprint density at radius 2 is 2.07 bits per heavy atom. The van der Waals surface area contributed by atoms with Crippen LogP contribution in [0.4, 0.5) is 0 Å². The fraction of sp³-hybridized carbons (Fsp3) is 0.455. The van der Waals surface area contributed by atoms with Gasteiger partial charge in [0.2, 0.25) is 0 Å². The van der Waals surface area contributed by atoms with Crippen LogP contribution in [0.5, 0.6) is 0 Å². The van der Waals surface area contributed by atoms with E-state index in [9.17, 15) is 4.79 Å². The smallest absolute Gasteiger partial charge is 0.273 e. The van der Waals surface area contributed by atoms with Crippen LogP contribution in [0.15, 0.2) is 36.5 Å². The average Bonchev–Trinajstić information content (AvgIpc) is 3.13. The molecule has 152 valence electrons. The summed E-state index contributed by atoms with van der Waals surface area (Å²) in [5, 5.41) is 12.4. The SMILES string of the molecule is Cc1c(C(=O)NC[C@@H](C)N2CCC(C)CC2)nnn1-c1ccc2ncccc2c1. The highest BCUT2D eigenvalue weighted by Crippen LogP contribution is 2.19. The van der Waals surface area contributed by atoms with Crippen LogP contribution >= 0.6 is 0 Å². The molecule has 1 atom stereocenters. The molecular formula is C22H28N6O. The third kappa shape index (κ3) is 4.15. The Balaban J connectivity index is 1.44. The van der Waals surface area contributed by atoms with E-state index in [1.807, 2.05) is 37.3 Å². The van der Waals surface area contributed by atoms with Crippen molar-refractivity contribution >= 4 is 16.8 Å². The van der Waals surface area contributed by atoms with Gasteiger partial charge >= 0.3 is 0 Å². The Labute approximate surface area is 171 Å². The van der Waals surface area contributed by atoms with Crippen molar-refractivity contribution in [3.8, 4) is 5.69 Å². The van der Waals surface area contributed by atoms with E-state index < -0.39 is 0 Å². The van der Waals surface area contributed by atoms with Gasteiger partial charge in [-0.1, -0.05) is 18.2 Å². The van der Waals surface area contributed by atoms with Gasteiger partial charge in [-0.3, -0.25) is 14.7 Å². The zero-order chi connectivity index (χ0) is 20.4. The number of pyridine rings is 1. The summed E-state index contributed by atoms with van der Waals surface area (Å²) in [6.07, 6.45) is 4.23. The Morgan fingerprint density at radius 1 is 1.28 bits per heavy atom. The number of piperidine rings is 1. The fourth-order valence-electron chi connectivity index (χ4n) is 3.90. The van der Waals surface area contributed by atoms with Crippen molar-refractivity contribution in [3.63, 3.8) is 0 Å². The molecule has 1 fully saturated rings. The second kappa shape index (κ2) is 8.29. The fourth-order valence-corrected chi connectivity index (χ4v) is 3.90. The van der Waals surface area contributed by atoms with E-state index in [0.717, 1.165) is 41.3 Å². The van der Waals surface area contributed by atoms with Gasteiger partial charge < -0.3 is 5.32 Å². The molecule has 1 aliphatic rings. The average molecular weight is 393 g/mol. The summed E-state index contributed by atoms with van der Waals surface area (Å²) in [7, 11) is 0. The number of likely N-dealkylation sites (tertiary alicyclic amines) is 1. The molecule has 3 heterocycles. The summed E-state index contributed by atoms with van der Waals surface area (Å²) in [5.41, 5.74) is 2.89. The molecule has 1 saturated heterocycles. The van der Waals surface area contributed by atoms with Crippen LogP contribution in [-0.4, -0.2) is 56.5 Å². The van der Waals surface area contributed by atoms with Gasteiger partial charge in [0, 0.05) is 24.2 Å². The lowest BCUT2D eigenvalue weighted by atomic mass is 9.98. The summed E-state index contributed by atoms with van der Waals surface area (Å²) in [5.74, 6) is 0.630. The minimum absolute atomic E-state index is 0.173. The molecule has 1 aromatic carbocycles. The lowest BCUT2D eigenvalue weighted by Gasteiger charge is -2.34. The number of benzene rings is 1. The van der Waals surface area contributed by atoms with Crippen LogP contribution in [0.3, 0.4) is 0 Å². The monoisotopic (exact) mass is 392 g/mol. The molecule has 0 unspecified atom stereocenters. The van der Waals surface area contributed by atoms with Crippen molar-refractivity contribution in [2.24, 2.45) is 5.92 Å². The predicted molar refractivity (Wildman–Crippen MR) is 113 cm³/mol. The maximum atomic E-state index is 12.7. The Morgan fingerprint density at radius 3 is 2.86 bits per heavy atom. The normalized spacial score (nSPS) is 16.8. The zero-order valence-corrected chi connectivity index (χ0v) is 17.3. The molecule has 0 spiro atoms. The molecule has 0 radical (unpaired) electrons. The molecule has 1 amide bonds. The first-order chi connectivity index (χ1) is 14.0. The third-order valence-corrected chi connectivity index (χ3v) is 5.94. The van der Waals surface area contributed by atoms with Crippen molar-refractivity contribution in [2.45, 2.75) is 39.7 Å². The second-order valence-electron chi connectivity index (χ2n) is 8.09. The number of hydrogen-bond acceptors (Lipinski definition) is 5. The molecule has 29 heavy (non-hydrogen) atoms. The lowest BCUT2D eigenvalue weighted by molar-refractivity contribution is 0.0916. The number of nitrogens with zero attached hydrogens (tertiary/aromatic N) is 5. The van der Waals surface area contributed by atoms with E-state index in [1.54, 1.807) is 10.9 Å². The lowest BCUT2D eigenvalue weighted by Crippen LogP contribution is -2.45. The summed E-state index contributed by atoms with van der Waals surface area (Å²) < 4.78 is 1.71. The molecule has 1 N–H and O–H groups in total. The maximum Gasteiger partial charge on any atom is 0.273 e. The van der Waals surface area contributed by atoms with Crippen LogP contribution in [0.25, 0.3) is 16.6 Å². The summed E-state index contributed by atoms with van der Waals surface area (Å²) >= 11 is 0. The van der Waals surface area contributed by atoms with Gasteiger partial charge in [-0.05, 0) is 70.0 Å². The van der Waals surface area contributed by atoms with E-state index in [0.29, 0.717) is 18.3 Å². The van der Waals surface area contributed by atoms with Gasteiger partial charge in [0.1, 0.15) is 0 Å². The molecule has 0 bridgehead atoms. The van der Waals surface area contributed by atoms with E-state index in [1.165, 1.54) is 12.8 Å². The van der Waals surface area contributed by atoms with E-state index in [2.05, 4.69) is 39.4 Å². The number of nitrogens with one attached hydrogen (secondary N) is 1. The zero-order valence-electron chi connectivity index (χ0n) is 17.3. The van der Waals surface area contributed by atoms with Gasteiger partial charge in [-0.2, -0.15) is 0 Å². The highest BCUT2D eigenvalue weighted by atomic mass is 16.2. The van der Waals surface area contributed by atoms with Crippen LogP contribution in [0.1, 0.15) is 42.9 Å². The quantitative estimate of drug-likeness (QED) is 0.722. The standard InChI is InChI=1S/C22H28N6O/c1-15-8-11-27(12-9-15)16(2)14-24-22(29)21-17(3)28(26-25-21)19-6-7-20-18(13-19)5-4-10-23-20/h4-7,10,13,15-16H,8-9,11-12,14H2,1-3H3,(H,24,29)/t16-/m1/s1. The molecule has 0 saturated carbocycles. The minimum atomic E-state index is -0.173. The number of fused-ring (bicyclic) bond motifs is 1. The second-order valence-corrected chi connectivity index (χ2v) is 8.09. The van der Waals surface area contributed by atoms with Crippen molar-refractivity contribution in [1.82, 2.24) is 30.2 Å². The Hall–Kier alpha value is -2.80. The van der Waals surface area contributed by atoms with Crippen LogP contribution in [-0.2, 0) is 0 Å². The van der Waals surface area contributed by atoms with E-state index in [-0.39, 0.29) is 5.91 Å². The third-order valence-electron chi connectivity index (χ3n) is 5.94. The van der Waals surface area contributed by atoms with Crippen molar-refractivity contribution in [1.29, 1.82) is 0 Å². The molecule has 0 aliphatic carbocycles. The van der Waals surface area contributed by atoms with Crippen LogP contribution in [0, 0.1) is 12.8 Å². The Kier molecular flexibility index (Phi) is 5.58. The molecule has 4 rings (SSSR count). The van der Waals surface area contributed by atoms with Gasteiger partial charge in [0.25, 0.3) is 5.91 Å². The number of carbonyl (C=O) groups is 1. The molecular weight excluding hydrogens is 364 g/mol. The molecule has 3 aromatic rings. The number of rotatable bonds is 5. The predicted octanol–water partition coefficient (Wildman–Crippen LogP) is 2.97. The van der Waals surface area contributed by atoms with E-state index >= 15 is 0 Å². The first-order valence-electron chi connectivity index (χ1n) is 10.3. The first kappa shape index (κ1) is 19.5. The summed E-state index contributed by atoms with van der Waals surface area (Å²) in [6.45, 7) is 9.17. The first-order valence-corrected chi connectivity index (χ1v) is 10.3. The molecule has 2 aromatic heterocycles. The number of amides is 1. The molecule has 1 aliphatic heterocycles. The highest BCUT2D eigenvalue weighted by Gasteiger charge is 2.22. The van der Waals surface area contributed by atoms with Gasteiger partial charge in [0.15, 0.2) is 5.69 Å². The van der Waals surface area contributed by atoms with Crippen molar-refractivity contribution < 1.29 is 4.79 Å². The highest BCUT2D eigenvalue weighted by molar-refractivity contribution is 5.93. The topological polar surface area (TPSA) is 75.9 Å². The Bertz CT molecular complexity index is 1010. The molecule has 7 nitrogen and oxygen atoms in total. The molecule has 7 heteroatoms. The maximum absolute atomic E-state index is 12.7. The van der Waals surface area contributed by atoms with Gasteiger partial charge in [0.05, 0.1) is 16.9 Å². The summed E-state index contributed by atoms with van der Waals surface area (Å²) in [6, 6.07) is 10.1. The minimum Gasteiger partial charge on any atom is -0.349 e. The van der Waals surface area contributed by atoms with Gasteiger partial charge in [-0.15, -0.1) is 5.10 Å². The van der Waals surface area contributed by atoms with Crippen molar-refractivity contribution in [3.05, 3.63) is 47.9 Å². The summed E-state index contributed by atoms with van der Waals surface area (Å²) in [4.78, 5) is 19.5. The van der Waals surface area contributed by atoms with Gasteiger partial charge in [-0.25, -0.2) is 4.68 Å². The number of hydrogen-bond donors (Lipinski definition) is 1. The van der Waals surface area contributed by atoms with E-state index in [4.69, 9.17) is 0 Å². The largest absolute Gasteiger partial charge is 0.349 e. The number of carbonyl (C=O) groups excluding carboxylic acids is 1.